The number of aryl methyl sites for hydroxylation is 1. The molecular formula is C17H23ClN2O2. The molecular weight excluding hydrogens is 300 g/mol. The third kappa shape index (κ3) is 4.08. The zero-order chi connectivity index (χ0) is 14.7. The molecule has 0 saturated carbocycles. The molecule has 2 aliphatic rings. The maximum Gasteiger partial charge on any atom is 0.224 e. The number of amides is 1. The topological polar surface area (TPSA) is 58.2 Å². The summed E-state index contributed by atoms with van der Waals surface area (Å²) in [5.74, 6) is 0.871. The number of fused-ring (bicyclic) bond motifs is 1. The zero-order valence-corrected chi connectivity index (χ0v) is 13.5. The minimum Gasteiger partial charge on any atom is -0.326 e. The first-order valence-electron chi connectivity index (χ1n) is 7.89. The van der Waals surface area contributed by atoms with Gasteiger partial charge in [0.05, 0.1) is 0 Å². The molecule has 0 bridgehead atoms. The van der Waals surface area contributed by atoms with Gasteiger partial charge in [0.1, 0.15) is 0 Å². The number of hydrogen-bond acceptors (Lipinski definition) is 3. The third-order valence-electron chi connectivity index (χ3n) is 4.49. The molecule has 0 radical (unpaired) electrons. The van der Waals surface area contributed by atoms with Crippen LogP contribution >= 0.6 is 12.4 Å². The average Bonchev–Trinajstić information content (AvgIpc) is 2.99. The number of rotatable bonds is 4. The molecule has 1 aromatic carbocycles. The molecule has 120 valence electrons. The van der Waals surface area contributed by atoms with E-state index >= 15 is 0 Å². The van der Waals surface area contributed by atoms with Crippen molar-refractivity contribution in [2.24, 2.45) is 5.92 Å². The Morgan fingerprint density at radius 2 is 2.18 bits per heavy atom. The normalized spacial score (nSPS) is 20.2. The fourth-order valence-electron chi connectivity index (χ4n) is 3.23. The van der Waals surface area contributed by atoms with Gasteiger partial charge in [0, 0.05) is 24.1 Å². The van der Waals surface area contributed by atoms with E-state index in [0.29, 0.717) is 18.8 Å². The van der Waals surface area contributed by atoms with Crippen LogP contribution in [0.5, 0.6) is 0 Å². The molecule has 2 N–H and O–H groups in total. The predicted octanol–water partition coefficient (Wildman–Crippen LogP) is 2.96. The lowest BCUT2D eigenvalue weighted by Gasteiger charge is -2.16. The van der Waals surface area contributed by atoms with Crippen molar-refractivity contribution < 1.29 is 9.59 Å². The van der Waals surface area contributed by atoms with Crippen LogP contribution in [0.15, 0.2) is 18.2 Å². The van der Waals surface area contributed by atoms with Gasteiger partial charge in [0.15, 0.2) is 5.78 Å². The number of halogens is 1. The highest BCUT2D eigenvalue weighted by Gasteiger charge is 2.18. The summed E-state index contributed by atoms with van der Waals surface area (Å²) in [5, 5.41) is 6.24. The summed E-state index contributed by atoms with van der Waals surface area (Å²) in [6.07, 6.45) is 5.18. The van der Waals surface area contributed by atoms with Crippen molar-refractivity contribution in [2.45, 2.75) is 38.5 Å². The molecule has 0 spiro atoms. The SMILES string of the molecule is Cl.O=C(CCC1CCNC1)Nc1ccc2c(c1)C(=O)CCC2. The summed E-state index contributed by atoms with van der Waals surface area (Å²) in [6.45, 7) is 2.10. The monoisotopic (exact) mass is 322 g/mol. The smallest absolute Gasteiger partial charge is 0.224 e. The van der Waals surface area contributed by atoms with E-state index in [1.807, 2.05) is 18.2 Å². The van der Waals surface area contributed by atoms with Crippen molar-refractivity contribution in [1.29, 1.82) is 0 Å². The Balaban J connectivity index is 0.00000176. The number of anilines is 1. The molecule has 1 unspecified atom stereocenters. The Hall–Kier alpha value is -1.39. The second-order valence-corrected chi connectivity index (χ2v) is 6.09. The van der Waals surface area contributed by atoms with Gasteiger partial charge in [-0.05, 0) is 62.4 Å². The largest absolute Gasteiger partial charge is 0.326 e. The number of ketones is 1. The molecule has 4 nitrogen and oxygen atoms in total. The number of carbonyl (C=O) groups excluding carboxylic acids is 2. The minimum absolute atomic E-state index is 0. The first-order chi connectivity index (χ1) is 10.2. The fraction of sp³-hybridized carbons (Fsp3) is 0.529. The van der Waals surface area contributed by atoms with Gasteiger partial charge in [-0.3, -0.25) is 9.59 Å². The molecule has 3 rings (SSSR count). The molecule has 1 aliphatic carbocycles. The van der Waals surface area contributed by atoms with Gasteiger partial charge in [-0.1, -0.05) is 6.07 Å². The minimum atomic E-state index is 0. The quantitative estimate of drug-likeness (QED) is 0.896. The van der Waals surface area contributed by atoms with Gasteiger partial charge in [-0.25, -0.2) is 0 Å². The lowest BCUT2D eigenvalue weighted by Crippen LogP contribution is -2.16. The van der Waals surface area contributed by atoms with E-state index in [0.717, 1.165) is 49.2 Å². The number of Topliss-reactive ketones (excluding diaryl/α,β-unsaturated/α-hetero) is 1. The van der Waals surface area contributed by atoms with Gasteiger partial charge in [0.25, 0.3) is 0 Å². The number of nitrogens with one attached hydrogen (secondary N) is 2. The van der Waals surface area contributed by atoms with Crippen LogP contribution in [0.1, 0.15) is 48.0 Å². The highest BCUT2D eigenvalue weighted by Crippen LogP contribution is 2.24. The number of benzene rings is 1. The zero-order valence-electron chi connectivity index (χ0n) is 12.7. The molecule has 1 saturated heterocycles. The Bertz CT molecular complexity index is 554. The Morgan fingerprint density at radius 1 is 1.32 bits per heavy atom. The van der Waals surface area contributed by atoms with Crippen LogP contribution in [0, 0.1) is 5.92 Å². The summed E-state index contributed by atoms with van der Waals surface area (Å²) in [4.78, 5) is 23.9. The van der Waals surface area contributed by atoms with Crippen molar-refractivity contribution >= 4 is 29.8 Å². The molecule has 1 heterocycles. The van der Waals surface area contributed by atoms with E-state index in [9.17, 15) is 9.59 Å². The van der Waals surface area contributed by atoms with E-state index in [1.165, 1.54) is 6.42 Å². The standard InChI is InChI=1S/C17H22N2O2.ClH/c20-16-3-1-2-13-5-6-14(10-15(13)16)19-17(21)7-4-12-8-9-18-11-12;/h5-6,10,12,18H,1-4,7-9,11H2,(H,19,21);1H. The van der Waals surface area contributed by atoms with Gasteiger partial charge in [-0.2, -0.15) is 0 Å². The Morgan fingerprint density at radius 3 is 2.95 bits per heavy atom. The van der Waals surface area contributed by atoms with Crippen LogP contribution in [0.25, 0.3) is 0 Å². The third-order valence-corrected chi connectivity index (χ3v) is 4.49. The van der Waals surface area contributed by atoms with Crippen molar-refractivity contribution in [1.82, 2.24) is 5.32 Å². The summed E-state index contributed by atoms with van der Waals surface area (Å²) < 4.78 is 0. The van der Waals surface area contributed by atoms with E-state index in [2.05, 4.69) is 10.6 Å². The maximum absolute atomic E-state index is 12.0. The van der Waals surface area contributed by atoms with Crippen molar-refractivity contribution in [3.63, 3.8) is 0 Å². The highest BCUT2D eigenvalue weighted by atomic mass is 35.5. The Labute approximate surface area is 137 Å². The van der Waals surface area contributed by atoms with Crippen LogP contribution in [0.4, 0.5) is 5.69 Å². The Kier molecular flexibility index (Phi) is 5.98. The van der Waals surface area contributed by atoms with Gasteiger partial charge >= 0.3 is 0 Å². The van der Waals surface area contributed by atoms with Crippen molar-refractivity contribution in [2.75, 3.05) is 18.4 Å². The molecule has 1 amide bonds. The second kappa shape index (κ2) is 7.75. The summed E-state index contributed by atoms with van der Waals surface area (Å²) >= 11 is 0. The molecule has 0 aromatic heterocycles. The van der Waals surface area contributed by atoms with Crippen LogP contribution in [-0.2, 0) is 11.2 Å². The van der Waals surface area contributed by atoms with Crippen LogP contribution in [0.3, 0.4) is 0 Å². The summed E-state index contributed by atoms with van der Waals surface area (Å²) in [5.41, 5.74) is 2.65. The molecule has 1 fully saturated rings. The average molecular weight is 323 g/mol. The number of hydrogen-bond donors (Lipinski definition) is 2. The van der Waals surface area contributed by atoms with E-state index < -0.39 is 0 Å². The van der Waals surface area contributed by atoms with Gasteiger partial charge in [0.2, 0.25) is 5.91 Å². The molecule has 1 atom stereocenters. The van der Waals surface area contributed by atoms with Gasteiger partial charge < -0.3 is 10.6 Å². The van der Waals surface area contributed by atoms with E-state index in [-0.39, 0.29) is 24.1 Å². The van der Waals surface area contributed by atoms with Crippen LogP contribution in [-0.4, -0.2) is 24.8 Å². The van der Waals surface area contributed by atoms with Crippen LogP contribution in [0.2, 0.25) is 0 Å². The molecule has 1 aromatic rings. The second-order valence-electron chi connectivity index (χ2n) is 6.09. The molecule has 1 aliphatic heterocycles. The maximum atomic E-state index is 12.0. The first kappa shape index (κ1) is 17.0. The molecule has 5 heteroatoms. The first-order valence-corrected chi connectivity index (χ1v) is 7.89. The predicted molar refractivity (Wildman–Crippen MR) is 89.8 cm³/mol. The fourth-order valence-corrected chi connectivity index (χ4v) is 3.23. The van der Waals surface area contributed by atoms with E-state index in [1.54, 1.807) is 0 Å². The van der Waals surface area contributed by atoms with E-state index in [4.69, 9.17) is 0 Å². The summed E-state index contributed by atoms with van der Waals surface area (Å²) in [7, 11) is 0. The lowest BCUT2D eigenvalue weighted by molar-refractivity contribution is -0.116. The summed E-state index contributed by atoms with van der Waals surface area (Å²) in [6, 6.07) is 5.72. The van der Waals surface area contributed by atoms with Crippen LogP contribution < -0.4 is 10.6 Å². The number of carbonyl (C=O) groups is 2. The van der Waals surface area contributed by atoms with Crippen molar-refractivity contribution in [3.05, 3.63) is 29.3 Å². The highest BCUT2D eigenvalue weighted by molar-refractivity contribution is 6.00. The van der Waals surface area contributed by atoms with Gasteiger partial charge in [-0.15, -0.1) is 12.4 Å². The lowest BCUT2D eigenvalue weighted by atomic mass is 9.90. The van der Waals surface area contributed by atoms with Crippen molar-refractivity contribution in [3.8, 4) is 0 Å². The molecule has 22 heavy (non-hydrogen) atoms.